The molecule has 0 fully saturated rings. The minimum absolute atomic E-state index is 0.672. The van der Waals surface area contributed by atoms with Gasteiger partial charge in [0.1, 0.15) is 0 Å². The van der Waals surface area contributed by atoms with E-state index in [1.54, 1.807) is 11.8 Å². The molecule has 0 aliphatic heterocycles. The van der Waals surface area contributed by atoms with Crippen molar-refractivity contribution in [3.05, 3.63) is 71.4 Å². The maximum atomic E-state index is 6.27. The molecule has 0 amide bonds. The lowest BCUT2D eigenvalue weighted by atomic mass is 10.2. The monoisotopic (exact) mass is 366 g/mol. The van der Waals surface area contributed by atoms with E-state index in [2.05, 4.69) is 28.4 Å². The van der Waals surface area contributed by atoms with Gasteiger partial charge in [-0.2, -0.15) is 0 Å². The van der Waals surface area contributed by atoms with Gasteiger partial charge in [-0.15, -0.1) is 10.2 Å². The van der Waals surface area contributed by atoms with Crippen LogP contribution in [0.2, 0.25) is 5.02 Å². The van der Waals surface area contributed by atoms with Gasteiger partial charge in [-0.1, -0.05) is 59.8 Å². The van der Waals surface area contributed by atoms with Gasteiger partial charge in [0.05, 0.1) is 16.2 Å². The van der Waals surface area contributed by atoms with Crippen LogP contribution in [-0.4, -0.2) is 19.7 Å². The molecule has 0 unspecified atom stereocenters. The summed E-state index contributed by atoms with van der Waals surface area (Å²) in [5.41, 5.74) is 2.91. The zero-order chi connectivity index (χ0) is 17.2. The van der Waals surface area contributed by atoms with Gasteiger partial charge in [0, 0.05) is 23.8 Å². The van der Waals surface area contributed by atoms with Crippen molar-refractivity contribution in [2.24, 2.45) is 7.05 Å². The summed E-state index contributed by atoms with van der Waals surface area (Å²) in [6, 6.07) is 19.9. The number of hydrogen-bond acceptors (Lipinski definition) is 4. The topological polar surface area (TPSA) is 43.6 Å². The maximum Gasteiger partial charge on any atom is 0.191 e. The Morgan fingerprint density at radius 3 is 2.64 bits per heavy atom. The summed E-state index contributed by atoms with van der Waals surface area (Å²) in [6.07, 6.45) is 0. The normalized spacial score (nSPS) is 11.1. The van der Waals surface area contributed by atoms with Crippen LogP contribution in [-0.2, 0) is 12.8 Å². The standard InChI is InChI=1S/C19H15ClN4S/c1-24-18(15-7-3-4-8-16(15)20)22-23-19(24)25-12-14-11-10-13-6-2-5-9-17(13)21-14/h2-11H,12H2,1H3. The fourth-order valence-electron chi connectivity index (χ4n) is 2.64. The van der Waals surface area contributed by atoms with E-state index in [4.69, 9.17) is 16.6 Å². The Hall–Kier alpha value is -2.37. The molecule has 2 aromatic heterocycles. The van der Waals surface area contributed by atoms with Crippen LogP contribution >= 0.6 is 23.4 Å². The Labute approximate surface area is 154 Å². The number of hydrogen-bond donors (Lipinski definition) is 0. The van der Waals surface area contributed by atoms with E-state index in [1.165, 1.54) is 0 Å². The first-order valence-corrected chi connectivity index (χ1v) is 9.20. The first kappa shape index (κ1) is 16.1. The van der Waals surface area contributed by atoms with E-state index in [9.17, 15) is 0 Å². The van der Waals surface area contributed by atoms with Gasteiger partial charge >= 0.3 is 0 Å². The highest BCUT2D eigenvalue weighted by atomic mass is 35.5. The molecular weight excluding hydrogens is 352 g/mol. The summed E-state index contributed by atoms with van der Waals surface area (Å²) in [5, 5.41) is 11.3. The van der Waals surface area contributed by atoms with Gasteiger partial charge in [0.15, 0.2) is 11.0 Å². The lowest BCUT2D eigenvalue weighted by molar-refractivity contribution is 0.793. The summed E-state index contributed by atoms with van der Waals surface area (Å²) in [7, 11) is 1.95. The average Bonchev–Trinajstić information content (AvgIpc) is 3.01. The van der Waals surface area contributed by atoms with Crippen LogP contribution in [0.5, 0.6) is 0 Å². The molecule has 2 heterocycles. The van der Waals surface area contributed by atoms with Crippen LogP contribution in [0.15, 0.2) is 65.8 Å². The second kappa shape index (κ2) is 6.86. The summed E-state index contributed by atoms with van der Waals surface area (Å²) < 4.78 is 1.97. The predicted octanol–water partition coefficient (Wildman–Crippen LogP) is 4.98. The van der Waals surface area contributed by atoms with Gasteiger partial charge in [-0.3, -0.25) is 4.98 Å². The van der Waals surface area contributed by atoms with E-state index in [0.717, 1.165) is 38.9 Å². The summed E-state index contributed by atoms with van der Waals surface area (Å²) in [5.74, 6) is 1.50. The highest BCUT2D eigenvalue weighted by molar-refractivity contribution is 7.98. The Kier molecular flexibility index (Phi) is 4.42. The molecule has 0 N–H and O–H groups in total. The molecule has 4 aromatic rings. The zero-order valence-electron chi connectivity index (χ0n) is 13.6. The van der Waals surface area contributed by atoms with Crippen molar-refractivity contribution in [1.29, 1.82) is 0 Å². The molecule has 4 rings (SSSR count). The lowest BCUT2D eigenvalue weighted by Gasteiger charge is -2.06. The molecule has 6 heteroatoms. The second-order valence-electron chi connectivity index (χ2n) is 5.63. The molecule has 25 heavy (non-hydrogen) atoms. The van der Waals surface area contributed by atoms with Crippen molar-refractivity contribution in [3.63, 3.8) is 0 Å². The highest BCUT2D eigenvalue weighted by Crippen LogP contribution is 2.29. The van der Waals surface area contributed by atoms with Crippen LogP contribution in [0.4, 0.5) is 0 Å². The van der Waals surface area contributed by atoms with E-state index in [-0.39, 0.29) is 0 Å². The minimum Gasteiger partial charge on any atom is -0.305 e. The van der Waals surface area contributed by atoms with Gasteiger partial charge in [-0.05, 0) is 24.3 Å². The first-order chi connectivity index (χ1) is 12.2. The van der Waals surface area contributed by atoms with Crippen LogP contribution in [0.3, 0.4) is 0 Å². The second-order valence-corrected chi connectivity index (χ2v) is 6.98. The zero-order valence-corrected chi connectivity index (χ0v) is 15.1. The average molecular weight is 367 g/mol. The van der Waals surface area contributed by atoms with Crippen molar-refractivity contribution < 1.29 is 0 Å². The summed E-state index contributed by atoms with van der Waals surface area (Å²) in [4.78, 5) is 4.70. The van der Waals surface area contributed by atoms with Crippen molar-refractivity contribution in [2.75, 3.05) is 0 Å². The number of rotatable bonds is 4. The van der Waals surface area contributed by atoms with Crippen molar-refractivity contribution in [1.82, 2.24) is 19.7 Å². The highest BCUT2D eigenvalue weighted by Gasteiger charge is 2.13. The van der Waals surface area contributed by atoms with E-state index >= 15 is 0 Å². The molecule has 0 spiro atoms. The molecule has 4 nitrogen and oxygen atoms in total. The molecule has 0 radical (unpaired) electrons. The number of pyridine rings is 1. The first-order valence-electron chi connectivity index (χ1n) is 7.84. The Morgan fingerprint density at radius 2 is 1.76 bits per heavy atom. The number of halogens is 1. The van der Waals surface area contributed by atoms with Crippen molar-refractivity contribution in [2.45, 2.75) is 10.9 Å². The third kappa shape index (κ3) is 3.25. The fraction of sp³-hybridized carbons (Fsp3) is 0.105. The Morgan fingerprint density at radius 1 is 0.960 bits per heavy atom. The van der Waals surface area contributed by atoms with Gasteiger partial charge in [0.2, 0.25) is 0 Å². The number of fused-ring (bicyclic) bond motifs is 1. The Balaban J connectivity index is 1.56. The molecule has 0 aliphatic rings. The van der Waals surface area contributed by atoms with Crippen molar-refractivity contribution >= 4 is 34.3 Å². The van der Waals surface area contributed by atoms with E-state index in [1.807, 2.05) is 54.1 Å². The van der Waals surface area contributed by atoms with Crippen LogP contribution in [0.1, 0.15) is 5.69 Å². The molecular formula is C19H15ClN4S. The molecule has 2 aromatic carbocycles. The molecule has 0 saturated carbocycles. The van der Waals surface area contributed by atoms with Crippen LogP contribution < -0.4 is 0 Å². The number of para-hydroxylation sites is 1. The smallest absolute Gasteiger partial charge is 0.191 e. The third-order valence-electron chi connectivity index (χ3n) is 3.95. The third-order valence-corrected chi connectivity index (χ3v) is 5.34. The van der Waals surface area contributed by atoms with E-state index in [0.29, 0.717) is 5.02 Å². The van der Waals surface area contributed by atoms with E-state index < -0.39 is 0 Å². The van der Waals surface area contributed by atoms with Crippen LogP contribution in [0.25, 0.3) is 22.3 Å². The van der Waals surface area contributed by atoms with Gasteiger partial charge < -0.3 is 4.57 Å². The lowest BCUT2D eigenvalue weighted by Crippen LogP contribution is -1.96. The van der Waals surface area contributed by atoms with Crippen molar-refractivity contribution in [3.8, 4) is 11.4 Å². The summed E-state index contributed by atoms with van der Waals surface area (Å²) >= 11 is 7.88. The molecule has 0 saturated heterocycles. The number of nitrogens with zero attached hydrogens (tertiary/aromatic N) is 4. The maximum absolute atomic E-state index is 6.27. The summed E-state index contributed by atoms with van der Waals surface area (Å²) in [6.45, 7) is 0. The van der Waals surface area contributed by atoms with Crippen LogP contribution in [0, 0.1) is 0 Å². The number of aromatic nitrogens is 4. The molecule has 0 aliphatic carbocycles. The van der Waals surface area contributed by atoms with Gasteiger partial charge in [-0.25, -0.2) is 0 Å². The Bertz CT molecular complexity index is 1040. The van der Waals surface area contributed by atoms with Gasteiger partial charge in [0.25, 0.3) is 0 Å². The fourth-order valence-corrected chi connectivity index (χ4v) is 3.68. The molecule has 124 valence electrons. The number of benzene rings is 2. The minimum atomic E-state index is 0.672. The largest absolute Gasteiger partial charge is 0.305 e. The quantitative estimate of drug-likeness (QED) is 0.478. The number of thioether (sulfide) groups is 1. The predicted molar refractivity (Wildman–Crippen MR) is 103 cm³/mol. The SMILES string of the molecule is Cn1c(SCc2ccc3ccccc3n2)nnc1-c1ccccc1Cl. The molecule has 0 bridgehead atoms. The molecule has 0 atom stereocenters.